The average Bonchev–Trinajstić information content (AvgIpc) is 3.10. The molecule has 0 aliphatic carbocycles. The Labute approximate surface area is 160 Å². The normalized spacial score (nSPS) is 18.6. The second-order valence-electron chi connectivity index (χ2n) is 6.15. The zero-order valence-electron chi connectivity index (χ0n) is 22.8. The van der Waals surface area contributed by atoms with E-state index < -0.39 is 26.0 Å². The average molecular weight is 339 g/mol. The molecule has 0 spiro atoms. The molecule has 0 saturated heterocycles. The van der Waals surface area contributed by atoms with E-state index in [1.165, 1.54) is 6.07 Å². The van der Waals surface area contributed by atoms with Crippen molar-refractivity contribution in [1.29, 1.82) is 0 Å². The van der Waals surface area contributed by atoms with Crippen LogP contribution in [0.3, 0.4) is 0 Å². The van der Waals surface area contributed by atoms with Crippen LogP contribution < -0.4 is 0 Å². The first-order chi connectivity index (χ1) is 15.6. The molecule has 126 valence electrons. The minimum Gasteiger partial charge on any atom is -0.437 e. The second kappa shape index (κ2) is 5.99. The van der Waals surface area contributed by atoms with Gasteiger partial charge in [-0.3, -0.25) is 4.98 Å². The zero-order valence-corrected chi connectivity index (χ0v) is 13.8. The molecule has 3 nitrogen and oxygen atoms in total. The Hall–Kier alpha value is -2.68. The van der Waals surface area contributed by atoms with Gasteiger partial charge >= 0.3 is 0 Å². The molecule has 0 aliphatic heterocycles. The van der Waals surface area contributed by atoms with Crippen LogP contribution in [-0.2, 0) is 6.37 Å². The third-order valence-electron chi connectivity index (χ3n) is 3.89. The van der Waals surface area contributed by atoms with Gasteiger partial charge in [-0.05, 0) is 61.4 Å². The summed E-state index contributed by atoms with van der Waals surface area (Å²) in [5.41, 5.74) is 0.173. The minimum atomic E-state index is -2.65. The number of rotatable bonds is 3. The Balaban J connectivity index is 2.03. The molecule has 3 heteroatoms. The zero-order chi connectivity index (χ0) is 25.2. The number of aromatic nitrogens is 2. The number of nitrogens with zero attached hydrogens (tertiary/aromatic N) is 2. The summed E-state index contributed by atoms with van der Waals surface area (Å²) in [7, 11) is 0. The fourth-order valence-corrected chi connectivity index (χ4v) is 2.82. The molecule has 0 aliphatic rings. The molecule has 3 aromatic heterocycles. The summed E-state index contributed by atoms with van der Waals surface area (Å²) in [6.45, 7) is -1.82. The maximum absolute atomic E-state index is 8.80. The first-order valence-electron chi connectivity index (χ1n) is 12.5. The summed E-state index contributed by atoms with van der Waals surface area (Å²) in [5, 5.41) is 1.19. The number of pyridine rings is 2. The molecule has 0 amide bonds. The van der Waals surface area contributed by atoms with Crippen molar-refractivity contribution < 1.29 is 16.8 Å². The van der Waals surface area contributed by atoms with Gasteiger partial charge in [0.05, 0.1) is 7.06 Å². The molecule has 0 N–H and O–H groups in total. The van der Waals surface area contributed by atoms with Crippen molar-refractivity contribution in [3.63, 3.8) is 0 Å². The van der Waals surface area contributed by atoms with Crippen LogP contribution >= 0.6 is 0 Å². The Morgan fingerprint density at radius 1 is 1.20 bits per heavy atom. The van der Waals surface area contributed by atoms with Crippen molar-refractivity contribution in [2.45, 2.75) is 33.9 Å². The number of fused-ring (bicyclic) bond motifs is 3. The van der Waals surface area contributed by atoms with E-state index in [0.717, 1.165) is 6.20 Å². The van der Waals surface area contributed by atoms with Gasteiger partial charge in [0.25, 0.3) is 0 Å². The van der Waals surface area contributed by atoms with Crippen LogP contribution in [0.25, 0.3) is 33.3 Å². The molecule has 0 saturated carbocycles. The predicted octanol–water partition coefficient (Wildman–Crippen LogP) is 5.86. The third-order valence-corrected chi connectivity index (χ3v) is 3.89. The van der Waals surface area contributed by atoms with Gasteiger partial charge in [0.1, 0.15) is 5.58 Å². The fourth-order valence-electron chi connectivity index (χ4n) is 2.82. The van der Waals surface area contributed by atoms with Gasteiger partial charge in [0.2, 0.25) is 5.71 Å². The highest BCUT2D eigenvalue weighted by molar-refractivity contribution is 6.08. The summed E-state index contributed by atoms with van der Waals surface area (Å²) < 4.78 is 78.1. The van der Waals surface area contributed by atoms with Gasteiger partial charge in [0, 0.05) is 39.2 Å². The minimum absolute atomic E-state index is 0.0632. The quantitative estimate of drug-likeness (QED) is 0.469. The lowest BCUT2D eigenvalue weighted by Crippen LogP contribution is -1.99. The van der Waals surface area contributed by atoms with Crippen LogP contribution in [0.5, 0.6) is 0 Å². The number of para-hydroxylation sites is 1. The molecule has 1 aromatic carbocycles. The highest BCUT2D eigenvalue weighted by atomic mass is 16.3. The molecule has 0 fully saturated rings. The Bertz CT molecular complexity index is 1400. The molecular weight excluding hydrogens is 308 g/mol. The molecule has 3 heterocycles. The summed E-state index contributed by atoms with van der Waals surface area (Å²) in [4.78, 5) is 8.38. The number of furan rings is 1. The maximum atomic E-state index is 8.80. The molecular formula is C22H22N2O. The summed E-state index contributed by atoms with van der Waals surface area (Å²) in [6, 6.07) is 7.78. The van der Waals surface area contributed by atoms with E-state index in [9.17, 15) is 0 Å². The molecule has 25 heavy (non-hydrogen) atoms. The molecule has 0 radical (unpaired) electrons. The highest BCUT2D eigenvalue weighted by Gasteiger charge is 2.14. The van der Waals surface area contributed by atoms with E-state index in [4.69, 9.17) is 16.8 Å². The van der Waals surface area contributed by atoms with E-state index in [1.807, 2.05) is 0 Å². The first kappa shape index (κ1) is 8.61. The third kappa shape index (κ3) is 2.80. The molecule has 0 atom stereocenters. The second-order valence-corrected chi connectivity index (χ2v) is 6.15. The van der Waals surface area contributed by atoms with Crippen LogP contribution in [0, 0.1) is 19.6 Å². The Kier molecular flexibility index (Phi) is 2.07. The van der Waals surface area contributed by atoms with Crippen molar-refractivity contribution >= 4 is 22.1 Å². The number of hydrogen-bond acceptors (Lipinski definition) is 3. The van der Waals surface area contributed by atoms with Crippen molar-refractivity contribution in [2.24, 2.45) is 5.92 Å². The summed E-state index contributed by atoms with van der Waals surface area (Å²) in [6.07, 6.45) is -1.00. The van der Waals surface area contributed by atoms with Gasteiger partial charge < -0.3 is 4.42 Å². The topological polar surface area (TPSA) is 38.9 Å². The van der Waals surface area contributed by atoms with Gasteiger partial charge in [-0.1, -0.05) is 26.0 Å². The molecule has 0 unspecified atom stereocenters. The van der Waals surface area contributed by atoms with E-state index in [2.05, 4.69) is 9.97 Å². The number of benzene rings is 1. The van der Waals surface area contributed by atoms with Crippen molar-refractivity contribution in [3.8, 4) is 11.3 Å². The van der Waals surface area contributed by atoms with E-state index in [1.54, 1.807) is 38.1 Å². The smallest absolute Gasteiger partial charge is 0.227 e. The van der Waals surface area contributed by atoms with E-state index in [-0.39, 0.29) is 34.3 Å². The predicted molar refractivity (Wildman–Crippen MR) is 103 cm³/mol. The Morgan fingerprint density at radius 3 is 2.92 bits per heavy atom. The van der Waals surface area contributed by atoms with Gasteiger partial charge in [0.15, 0.2) is 0 Å². The number of hydrogen-bond donors (Lipinski definition) is 0. The fraction of sp³-hybridized carbons (Fsp3) is 0.273. The monoisotopic (exact) mass is 339 g/mol. The number of aryl methyl sites for hydroxylation is 2. The van der Waals surface area contributed by atoms with Crippen molar-refractivity contribution in [3.05, 3.63) is 59.4 Å². The van der Waals surface area contributed by atoms with Gasteiger partial charge in [-0.15, -0.1) is 0 Å². The van der Waals surface area contributed by atoms with Gasteiger partial charge in [-0.2, -0.15) is 0 Å². The standard InChI is InChI=1S/C22H22N2O/c1-13(2)10-16-11-20(23-12-14(16)3)19-7-5-6-17-18-9-8-15(4)24-22(18)25-21(17)19/h5-9,11-13H,10H2,1-4H3/i3D3,4D3,10D2,11D. The van der Waals surface area contributed by atoms with Crippen LogP contribution in [-0.4, -0.2) is 9.97 Å². The van der Waals surface area contributed by atoms with Crippen molar-refractivity contribution in [1.82, 2.24) is 9.97 Å². The Morgan fingerprint density at radius 2 is 2.12 bits per heavy atom. The maximum Gasteiger partial charge on any atom is 0.227 e. The van der Waals surface area contributed by atoms with E-state index in [0.29, 0.717) is 21.9 Å². The van der Waals surface area contributed by atoms with Gasteiger partial charge in [-0.25, -0.2) is 4.98 Å². The molecule has 4 rings (SSSR count). The largest absolute Gasteiger partial charge is 0.437 e. The summed E-state index contributed by atoms with van der Waals surface area (Å²) in [5.74, 6) is -0.600. The molecule has 4 aromatic rings. The lowest BCUT2D eigenvalue weighted by Gasteiger charge is -2.10. The van der Waals surface area contributed by atoms with Crippen LogP contribution in [0.15, 0.2) is 47.0 Å². The first-order valence-corrected chi connectivity index (χ1v) is 7.97. The van der Waals surface area contributed by atoms with Crippen LogP contribution in [0.1, 0.15) is 43.0 Å². The summed E-state index contributed by atoms with van der Waals surface area (Å²) >= 11 is 0. The highest BCUT2D eigenvalue weighted by Crippen LogP contribution is 2.35. The lowest BCUT2D eigenvalue weighted by atomic mass is 9.97. The van der Waals surface area contributed by atoms with E-state index >= 15 is 0 Å². The SMILES string of the molecule is [2H]c1c(-c2cccc3c2oc2nc(C([2H])([2H])[2H])ccc23)ncc(C([2H])([2H])[2H])c1C([2H])([2H])C(C)C. The lowest BCUT2D eigenvalue weighted by molar-refractivity contribution is 0.644. The molecule has 0 bridgehead atoms. The van der Waals surface area contributed by atoms with Crippen molar-refractivity contribution in [2.75, 3.05) is 0 Å². The van der Waals surface area contributed by atoms with Crippen LogP contribution in [0.2, 0.25) is 0 Å². The van der Waals surface area contributed by atoms with Crippen LogP contribution in [0.4, 0.5) is 0 Å².